The van der Waals surface area contributed by atoms with Gasteiger partial charge in [-0.15, -0.1) is 0 Å². The van der Waals surface area contributed by atoms with Crippen LogP contribution in [0.5, 0.6) is 0 Å². The van der Waals surface area contributed by atoms with E-state index >= 15 is 0 Å². The molecule has 0 fully saturated rings. The lowest BCUT2D eigenvalue weighted by molar-refractivity contribution is -0.585. The third-order valence-corrected chi connectivity index (χ3v) is 3.30. The highest BCUT2D eigenvalue weighted by atomic mass is 32.1. The molecular weight excluding hydrogens is 194 g/mol. The quantitative estimate of drug-likeness (QED) is 0.671. The number of nitrogens with zero attached hydrogens (tertiary/aromatic N) is 3. The molecular formula is C10H14N3S+. The Bertz CT molecular complexity index is 473. The zero-order valence-corrected chi connectivity index (χ0v) is 9.72. The molecule has 0 unspecified atom stereocenters. The summed E-state index contributed by atoms with van der Waals surface area (Å²) in [5, 5.41) is 5.67. The van der Waals surface area contributed by atoms with Crippen LogP contribution in [-0.2, 0) is 0 Å². The van der Waals surface area contributed by atoms with E-state index in [0.717, 1.165) is 21.4 Å². The largest absolute Gasteiger partial charge is 0.410 e. The fraction of sp³-hybridized carbons (Fsp3) is 0.500. The van der Waals surface area contributed by atoms with Crippen LogP contribution in [0.15, 0.2) is 6.07 Å². The maximum absolute atomic E-state index is 4.53. The van der Waals surface area contributed by atoms with Gasteiger partial charge < -0.3 is 0 Å². The standard InChI is InChI=1S/C10H14N3S/c1-6(2)9-12-13-8(4)5-7(3)11-10(13)14-9/h5-6H,1-4H3/q+1. The summed E-state index contributed by atoms with van der Waals surface area (Å²) < 4.78 is 1.92. The molecule has 0 N–H and O–H groups in total. The van der Waals surface area contributed by atoms with E-state index in [1.54, 1.807) is 11.3 Å². The number of rotatable bonds is 1. The van der Waals surface area contributed by atoms with Gasteiger partial charge in [-0.05, 0) is 16.3 Å². The number of hydrogen-bond donors (Lipinski definition) is 0. The van der Waals surface area contributed by atoms with Gasteiger partial charge in [-0.25, -0.2) is 0 Å². The van der Waals surface area contributed by atoms with E-state index in [1.165, 1.54) is 0 Å². The van der Waals surface area contributed by atoms with Gasteiger partial charge in [0.05, 0.1) is 0 Å². The lowest BCUT2D eigenvalue weighted by atomic mass is 10.2. The van der Waals surface area contributed by atoms with Crippen molar-refractivity contribution in [3.05, 3.63) is 22.5 Å². The van der Waals surface area contributed by atoms with E-state index in [2.05, 4.69) is 36.9 Å². The number of aryl methyl sites for hydroxylation is 2. The van der Waals surface area contributed by atoms with Crippen LogP contribution in [0.2, 0.25) is 0 Å². The van der Waals surface area contributed by atoms with Crippen LogP contribution in [0.25, 0.3) is 4.96 Å². The Morgan fingerprint density at radius 3 is 2.71 bits per heavy atom. The first-order chi connectivity index (χ1) is 6.58. The monoisotopic (exact) mass is 208 g/mol. The van der Waals surface area contributed by atoms with E-state index < -0.39 is 0 Å². The first kappa shape index (κ1) is 9.52. The molecule has 2 aromatic rings. The van der Waals surface area contributed by atoms with Crippen molar-refractivity contribution in [2.75, 3.05) is 0 Å². The van der Waals surface area contributed by atoms with Gasteiger partial charge in [-0.2, -0.15) is 0 Å². The highest BCUT2D eigenvalue weighted by Gasteiger charge is 2.17. The predicted octanol–water partition coefficient (Wildman–Crippen LogP) is 2.02. The minimum Gasteiger partial charge on any atom is -0.0880 e. The van der Waals surface area contributed by atoms with Gasteiger partial charge in [0.25, 0.3) is 0 Å². The lowest BCUT2D eigenvalue weighted by Crippen LogP contribution is -2.28. The molecule has 0 saturated carbocycles. The Morgan fingerprint density at radius 2 is 2.07 bits per heavy atom. The third kappa shape index (κ3) is 1.50. The summed E-state index contributed by atoms with van der Waals surface area (Å²) in [6.07, 6.45) is 0. The van der Waals surface area contributed by atoms with Crippen molar-refractivity contribution in [3.8, 4) is 0 Å². The molecule has 0 radical (unpaired) electrons. The summed E-state index contributed by atoms with van der Waals surface area (Å²) in [5.41, 5.74) is 2.21. The molecule has 0 aromatic carbocycles. The molecule has 4 heteroatoms. The molecule has 2 rings (SSSR count). The highest BCUT2D eigenvalue weighted by Crippen LogP contribution is 2.18. The molecule has 2 aromatic heterocycles. The van der Waals surface area contributed by atoms with Crippen molar-refractivity contribution in [2.24, 2.45) is 0 Å². The van der Waals surface area contributed by atoms with Gasteiger partial charge in [0.1, 0.15) is 10.7 Å². The molecule has 74 valence electrons. The Morgan fingerprint density at radius 1 is 1.36 bits per heavy atom. The Hall–Kier alpha value is -1.03. The number of aromatic nitrogens is 3. The molecule has 0 amide bonds. The first-order valence-electron chi connectivity index (χ1n) is 4.75. The lowest BCUT2D eigenvalue weighted by Gasteiger charge is -1.91. The maximum atomic E-state index is 4.53. The predicted molar refractivity (Wildman–Crippen MR) is 56.6 cm³/mol. The van der Waals surface area contributed by atoms with Crippen molar-refractivity contribution in [2.45, 2.75) is 33.6 Å². The van der Waals surface area contributed by atoms with Crippen molar-refractivity contribution < 1.29 is 4.52 Å². The molecule has 0 aliphatic carbocycles. The molecule has 0 bridgehead atoms. The third-order valence-electron chi connectivity index (χ3n) is 2.09. The zero-order valence-electron chi connectivity index (χ0n) is 8.90. The van der Waals surface area contributed by atoms with Gasteiger partial charge in [-0.1, -0.05) is 23.5 Å². The second kappa shape index (κ2) is 3.28. The van der Waals surface area contributed by atoms with Gasteiger partial charge >= 0.3 is 4.96 Å². The summed E-state index contributed by atoms with van der Waals surface area (Å²) in [6, 6.07) is 2.05. The van der Waals surface area contributed by atoms with Crippen molar-refractivity contribution >= 4 is 16.3 Å². The topological polar surface area (TPSA) is 29.9 Å². The fourth-order valence-electron chi connectivity index (χ4n) is 1.38. The van der Waals surface area contributed by atoms with Crippen LogP contribution < -0.4 is 4.52 Å². The van der Waals surface area contributed by atoms with Crippen LogP contribution in [0.1, 0.15) is 36.2 Å². The molecule has 0 atom stereocenters. The SMILES string of the molecule is Cc1cc(C)[n+]2nc(C(C)C)sc2n1. The van der Waals surface area contributed by atoms with Gasteiger partial charge in [0, 0.05) is 25.8 Å². The summed E-state index contributed by atoms with van der Waals surface area (Å²) in [6.45, 7) is 8.38. The normalized spacial score (nSPS) is 11.5. The van der Waals surface area contributed by atoms with Crippen molar-refractivity contribution in [1.82, 2.24) is 10.1 Å². The molecule has 14 heavy (non-hydrogen) atoms. The van der Waals surface area contributed by atoms with E-state index in [9.17, 15) is 0 Å². The molecule has 2 heterocycles. The molecule has 0 aliphatic heterocycles. The van der Waals surface area contributed by atoms with Crippen molar-refractivity contribution in [3.63, 3.8) is 0 Å². The van der Waals surface area contributed by atoms with E-state index in [1.807, 2.05) is 11.4 Å². The van der Waals surface area contributed by atoms with E-state index in [4.69, 9.17) is 0 Å². The van der Waals surface area contributed by atoms with E-state index in [-0.39, 0.29) is 0 Å². The second-order valence-corrected chi connectivity index (χ2v) is 4.82. The van der Waals surface area contributed by atoms with Gasteiger partial charge in [-0.3, -0.25) is 0 Å². The Kier molecular flexibility index (Phi) is 2.23. The molecule has 3 nitrogen and oxygen atoms in total. The summed E-state index contributed by atoms with van der Waals surface area (Å²) in [5.74, 6) is 0.474. The fourth-order valence-corrected chi connectivity index (χ4v) is 2.38. The average molecular weight is 208 g/mol. The summed E-state index contributed by atoms with van der Waals surface area (Å²) in [7, 11) is 0. The van der Waals surface area contributed by atoms with Crippen LogP contribution >= 0.6 is 11.3 Å². The maximum Gasteiger partial charge on any atom is 0.410 e. The molecule has 0 saturated heterocycles. The Labute approximate surface area is 87.4 Å². The molecule has 0 aliphatic rings. The van der Waals surface area contributed by atoms with Gasteiger partial charge in [0.2, 0.25) is 0 Å². The smallest absolute Gasteiger partial charge is 0.0880 e. The van der Waals surface area contributed by atoms with Crippen LogP contribution in [0.4, 0.5) is 0 Å². The highest BCUT2D eigenvalue weighted by molar-refractivity contribution is 7.16. The zero-order chi connectivity index (χ0) is 10.3. The minimum atomic E-state index is 0.474. The van der Waals surface area contributed by atoms with E-state index in [0.29, 0.717) is 5.92 Å². The van der Waals surface area contributed by atoms with Gasteiger partial charge in [0.15, 0.2) is 5.69 Å². The first-order valence-corrected chi connectivity index (χ1v) is 5.56. The minimum absolute atomic E-state index is 0.474. The summed E-state index contributed by atoms with van der Waals surface area (Å²) in [4.78, 5) is 5.45. The second-order valence-electron chi connectivity index (χ2n) is 3.83. The average Bonchev–Trinajstić information content (AvgIpc) is 2.47. The Balaban J connectivity index is 2.70. The number of fused-ring (bicyclic) bond motifs is 1. The van der Waals surface area contributed by atoms with Crippen LogP contribution in [-0.4, -0.2) is 10.1 Å². The summed E-state index contributed by atoms with van der Waals surface area (Å²) >= 11 is 1.67. The van der Waals surface area contributed by atoms with Crippen LogP contribution in [0.3, 0.4) is 0 Å². The number of hydrogen-bond acceptors (Lipinski definition) is 3. The molecule has 0 spiro atoms. The van der Waals surface area contributed by atoms with Crippen LogP contribution in [0, 0.1) is 13.8 Å². The van der Waals surface area contributed by atoms with Crippen molar-refractivity contribution in [1.29, 1.82) is 0 Å².